The minimum absolute atomic E-state index is 0.249. The van der Waals surface area contributed by atoms with Gasteiger partial charge in [0, 0.05) is 43.5 Å². The SMILES string of the molecule is COc1ccc(N2CCN(c3ccc(-c4ccc(F)cc4)nn3)CC2)cc1F. The first-order chi connectivity index (χ1) is 13.6. The van der Waals surface area contributed by atoms with Crippen molar-refractivity contribution < 1.29 is 13.5 Å². The summed E-state index contributed by atoms with van der Waals surface area (Å²) in [5, 5.41) is 8.59. The number of ether oxygens (including phenoxy) is 1. The van der Waals surface area contributed by atoms with Crippen molar-refractivity contribution in [2.75, 3.05) is 43.1 Å². The molecule has 4 rings (SSSR count). The second kappa shape index (κ2) is 7.80. The number of halogens is 2. The van der Waals surface area contributed by atoms with E-state index >= 15 is 0 Å². The van der Waals surface area contributed by atoms with Gasteiger partial charge in [-0.1, -0.05) is 0 Å². The molecule has 1 fully saturated rings. The van der Waals surface area contributed by atoms with E-state index in [2.05, 4.69) is 20.0 Å². The van der Waals surface area contributed by atoms with Gasteiger partial charge >= 0.3 is 0 Å². The highest BCUT2D eigenvalue weighted by atomic mass is 19.1. The standard InChI is InChI=1S/C21H20F2N4O/c1-28-20-8-6-17(14-18(20)23)26-10-12-27(13-11-26)21-9-7-19(24-25-21)15-2-4-16(22)5-3-15/h2-9,14H,10-13H2,1H3. The summed E-state index contributed by atoms with van der Waals surface area (Å²) < 4.78 is 32.0. The van der Waals surface area contributed by atoms with Crippen molar-refractivity contribution in [2.45, 2.75) is 0 Å². The number of rotatable bonds is 4. The monoisotopic (exact) mass is 382 g/mol. The lowest BCUT2D eigenvalue weighted by Gasteiger charge is -2.36. The Morgan fingerprint density at radius 2 is 1.54 bits per heavy atom. The van der Waals surface area contributed by atoms with E-state index < -0.39 is 0 Å². The van der Waals surface area contributed by atoms with E-state index in [1.165, 1.54) is 25.3 Å². The van der Waals surface area contributed by atoms with Crippen LogP contribution in [-0.2, 0) is 0 Å². The molecule has 1 aromatic heterocycles. The molecule has 0 aliphatic carbocycles. The topological polar surface area (TPSA) is 41.5 Å². The zero-order chi connectivity index (χ0) is 19.5. The summed E-state index contributed by atoms with van der Waals surface area (Å²) in [5.74, 6) is 0.415. The van der Waals surface area contributed by atoms with E-state index in [-0.39, 0.29) is 17.4 Å². The lowest BCUT2D eigenvalue weighted by atomic mass is 10.1. The van der Waals surface area contributed by atoms with E-state index in [1.54, 1.807) is 18.2 Å². The highest BCUT2D eigenvalue weighted by molar-refractivity contribution is 5.60. The lowest BCUT2D eigenvalue weighted by molar-refractivity contribution is 0.386. The lowest BCUT2D eigenvalue weighted by Crippen LogP contribution is -2.46. The number of benzene rings is 2. The highest BCUT2D eigenvalue weighted by Crippen LogP contribution is 2.25. The van der Waals surface area contributed by atoms with Crippen LogP contribution in [0.15, 0.2) is 54.6 Å². The molecule has 0 saturated carbocycles. The summed E-state index contributed by atoms with van der Waals surface area (Å²) in [7, 11) is 1.46. The largest absolute Gasteiger partial charge is 0.494 e. The summed E-state index contributed by atoms with van der Waals surface area (Å²) in [5.41, 5.74) is 2.37. The second-order valence-electron chi connectivity index (χ2n) is 6.58. The maximum Gasteiger partial charge on any atom is 0.167 e. The highest BCUT2D eigenvalue weighted by Gasteiger charge is 2.19. The molecule has 28 heavy (non-hydrogen) atoms. The van der Waals surface area contributed by atoms with Crippen molar-refractivity contribution in [1.29, 1.82) is 0 Å². The van der Waals surface area contributed by atoms with Crippen LogP contribution in [0.5, 0.6) is 5.75 Å². The molecule has 2 aromatic carbocycles. The summed E-state index contributed by atoms with van der Waals surface area (Å²) >= 11 is 0. The van der Waals surface area contributed by atoms with Gasteiger partial charge in [-0.2, -0.15) is 0 Å². The third-order valence-corrected chi connectivity index (χ3v) is 4.89. The van der Waals surface area contributed by atoms with Crippen molar-refractivity contribution in [2.24, 2.45) is 0 Å². The fourth-order valence-electron chi connectivity index (χ4n) is 3.31. The molecule has 0 bridgehead atoms. The Labute approximate surface area is 162 Å². The number of nitrogens with zero attached hydrogens (tertiary/aromatic N) is 4. The Kier molecular flexibility index (Phi) is 5.06. The minimum Gasteiger partial charge on any atom is -0.494 e. The van der Waals surface area contributed by atoms with Crippen molar-refractivity contribution in [3.05, 3.63) is 66.2 Å². The molecule has 0 spiro atoms. The number of hydrogen-bond donors (Lipinski definition) is 0. The molecule has 1 aliphatic heterocycles. The maximum atomic E-state index is 13.9. The van der Waals surface area contributed by atoms with E-state index in [4.69, 9.17) is 4.74 Å². The summed E-state index contributed by atoms with van der Waals surface area (Å²) in [6, 6.07) is 15.0. The first-order valence-corrected chi connectivity index (χ1v) is 9.07. The molecular weight excluding hydrogens is 362 g/mol. The number of methoxy groups -OCH3 is 1. The van der Waals surface area contributed by atoms with Gasteiger partial charge in [0.05, 0.1) is 12.8 Å². The molecule has 0 N–H and O–H groups in total. The fourth-order valence-corrected chi connectivity index (χ4v) is 3.31. The maximum absolute atomic E-state index is 13.9. The minimum atomic E-state index is -0.357. The van der Waals surface area contributed by atoms with E-state index in [1.807, 2.05) is 18.2 Å². The van der Waals surface area contributed by atoms with E-state index in [0.29, 0.717) is 5.69 Å². The predicted octanol–water partition coefficient (Wildman–Crippen LogP) is 3.76. The summed E-state index contributed by atoms with van der Waals surface area (Å²) in [6.45, 7) is 3.04. The van der Waals surface area contributed by atoms with Crippen LogP contribution < -0.4 is 14.5 Å². The van der Waals surface area contributed by atoms with Crippen LogP contribution in [-0.4, -0.2) is 43.5 Å². The van der Waals surface area contributed by atoms with Gasteiger partial charge in [-0.05, 0) is 48.5 Å². The third-order valence-electron chi connectivity index (χ3n) is 4.89. The van der Waals surface area contributed by atoms with Gasteiger partial charge < -0.3 is 14.5 Å². The van der Waals surface area contributed by atoms with E-state index in [0.717, 1.165) is 43.2 Å². The predicted molar refractivity (Wildman–Crippen MR) is 105 cm³/mol. The second-order valence-corrected chi connectivity index (χ2v) is 6.58. The molecule has 3 aromatic rings. The Balaban J connectivity index is 1.41. The Morgan fingerprint density at radius 3 is 2.14 bits per heavy atom. The first-order valence-electron chi connectivity index (χ1n) is 9.07. The van der Waals surface area contributed by atoms with Crippen LogP contribution in [0.2, 0.25) is 0 Å². The third kappa shape index (κ3) is 3.74. The number of aromatic nitrogens is 2. The quantitative estimate of drug-likeness (QED) is 0.687. The molecule has 7 heteroatoms. The van der Waals surface area contributed by atoms with Crippen LogP contribution in [0.1, 0.15) is 0 Å². The van der Waals surface area contributed by atoms with Crippen LogP contribution in [0.25, 0.3) is 11.3 Å². The molecule has 0 amide bonds. The fraction of sp³-hybridized carbons (Fsp3) is 0.238. The van der Waals surface area contributed by atoms with Gasteiger partial charge in [-0.15, -0.1) is 10.2 Å². The molecule has 1 saturated heterocycles. The van der Waals surface area contributed by atoms with E-state index in [9.17, 15) is 8.78 Å². The average Bonchev–Trinajstić information content (AvgIpc) is 2.74. The van der Waals surface area contributed by atoms with Gasteiger partial charge in [0.25, 0.3) is 0 Å². The molecule has 0 radical (unpaired) electrons. The zero-order valence-corrected chi connectivity index (χ0v) is 15.5. The van der Waals surface area contributed by atoms with Crippen molar-refractivity contribution in [1.82, 2.24) is 10.2 Å². The van der Waals surface area contributed by atoms with Crippen molar-refractivity contribution in [3.8, 4) is 17.0 Å². The van der Waals surface area contributed by atoms with Crippen LogP contribution in [0.3, 0.4) is 0 Å². The molecule has 2 heterocycles. The number of anilines is 2. The molecule has 0 unspecified atom stereocenters. The number of piperazine rings is 1. The van der Waals surface area contributed by atoms with Crippen LogP contribution in [0, 0.1) is 11.6 Å². The zero-order valence-electron chi connectivity index (χ0n) is 15.5. The molecule has 5 nitrogen and oxygen atoms in total. The van der Waals surface area contributed by atoms with Crippen molar-refractivity contribution >= 4 is 11.5 Å². The normalized spacial score (nSPS) is 14.2. The molecule has 0 atom stereocenters. The van der Waals surface area contributed by atoms with Gasteiger partial charge in [-0.3, -0.25) is 0 Å². The van der Waals surface area contributed by atoms with Crippen molar-refractivity contribution in [3.63, 3.8) is 0 Å². The molecular formula is C21H20F2N4O. The summed E-state index contributed by atoms with van der Waals surface area (Å²) in [4.78, 5) is 4.29. The van der Waals surface area contributed by atoms with Crippen LogP contribution in [0.4, 0.5) is 20.3 Å². The van der Waals surface area contributed by atoms with Crippen LogP contribution >= 0.6 is 0 Å². The summed E-state index contributed by atoms with van der Waals surface area (Å²) in [6.07, 6.45) is 0. The first kappa shape index (κ1) is 18.2. The van der Waals surface area contributed by atoms with Gasteiger partial charge in [-0.25, -0.2) is 8.78 Å². The Hall–Kier alpha value is -3.22. The van der Waals surface area contributed by atoms with Gasteiger partial charge in [0.2, 0.25) is 0 Å². The smallest absolute Gasteiger partial charge is 0.167 e. The van der Waals surface area contributed by atoms with Gasteiger partial charge in [0.1, 0.15) is 5.82 Å². The molecule has 1 aliphatic rings. The van der Waals surface area contributed by atoms with Gasteiger partial charge in [0.15, 0.2) is 17.4 Å². The average molecular weight is 382 g/mol. The number of hydrogen-bond acceptors (Lipinski definition) is 5. The Morgan fingerprint density at radius 1 is 0.821 bits per heavy atom. The Bertz CT molecular complexity index is 940. The molecule has 144 valence electrons.